The number of anilines is 1. The normalized spacial score (nSPS) is 19.8. The zero-order valence-electron chi connectivity index (χ0n) is 40.3. The van der Waals surface area contributed by atoms with Crippen molar-refractivity contribution in [1.29, 1.82) is 0 Å². The molecule has 0 bridgehead atoms. The number of esters is 2. The van der Waals surface area contributed by atoms with E-state index in [1.807, 2.05) is 18.2 Å². The lowest BCUT2D eigenvalue weighted by atomic mass is 10.1. The van der Waals surface area contributed by atoms with Gasteiger partial charge in [-0.05, 0) is 82.8 Å². The van der Waals surface area contributed by atoms with Gasteiger partial charge in [0.2, 0.25) is 0 Å². The van der Waals surface area contributed by atoms with E-state index in [0.29, 0.717) is 32.1 Å². The zero-order chi connectivity index (χ0) is 50.8. The molecule has 2 rings (SSSR count). The largest absolute Gasteiger partial charge is 0.481 e. The lowest BCUT2D eigenvalue weighted by Crippen LogP contribution is -2.36. The second kappa shape index (κ2) is 36.1. The summed E-state index contributed by atoms with van der Waals surface area (Å²) < 4.78 is 56.5. The van der Waals surface area contributed by atoms with E-state index in [0.717, 1.165) is 75.0 Å². The van der Waals surface area contributed by atoms with Gasteiger partial charge in [-0.3, -0.25) is 28.0 Å². The van der Waals surface area contributed by atoms with E-state index in [-0.39, 0.29) is 24.4 Å². The molecular formula is C48H77N3O16P2. The van der Waals surface area contributed by atoms with Crippen LogP contribution in [0.5, 0.6) is 0 Å². The van der Waals surface area contributed by atoms with Crippen LogP contribution in [-0.4, -0.2) is 91.5 Å². The number of ether oxygens (including phenoxy) is 3. The summed E-state index contributed by atoms with van der Waals surface area (Å²) in [5.41, 5.74) is 4.57. The molecular weight excluding hydrogens is 936 g/mol. The molecule has 2 heterocycles. The molecule has 0 amide bonds. The van der Waals surface area contributed by atoms with Crippen LogP contribution in [0.15, 0.2) is 77.8 Å². The van der Waals surface area contributed by atoms with E-state index >= 15 is 0 Å². The number of phosphoric ester groups is 2. The first kappa shape index (κ1) is 61.3. The van der Waals surface area contributed by atoms with Crippen LogP contribution in [0.2, 0.25) is 0 Å². The van der Waals surface area contributed by atoms with Crippen LogP contribution in [0, 0.1) is 0 Å². The molecule has 1 aromatic heterocycles. The summed E-state index contributed by atoms with van der Waals surface area (Å²) in [6, 6.07) is 1.24. The summed E-state index contributed by atoms with van der Waals surface area (Å²) in [7, 11) is -10.9. The Balaban J connectivity index is 1.86. The van der Waals surface area contributed by atoms with Crippen LogP contribution in [-0.2, 0) is 51.1 Å². The number of ketones is 1. The maximum Gasteiger partial charge on any atom is 0.481 e. The molecule has 6 N–H and O–H groups in total. The number of nitrogens with two attached hydrogens (primary N) is 1. The summed E-state index contributed by atoms with van der Waals surface area (Å²) >= 11 is 0. The number of allylic oxidation sites excluding steroid dienone is 10. The van der Waals surface area contributed by atoms with Gasteiger partial charge in [0.1, 0.15) is 30.7 Å². The molecule has 0 spiro atoms. The van der Waals surface area contributed by atoms with Crippen molar-refractivity contribution >= 4 is 39.2 Å². The Morgan fingerprint density at radius 3 is 1.96 bits per heavy atom. The minimum atomic E-state index is -5.45. The molecule has 7 atom stereocenters. The fourth-order valence-corrected chi connectivity index (χ4v) is 8.82. The van der Waals surface area contributed by atoms with E-state index in [4.69, 9.17) is 29.0 Å². The molecule has 0 aliphatic carbocycles. The number of nitrogen functional groups attached to an aromatic ring is 1. The van der Waals surface area contributed by atoms with E-state index < -0.39 is 83.7 Å². The highest BCUT2D eigenvalue weighted by Gasteiger charge is 2.46. The number of aliphatic hydroxyl groups excluding tert-OH is 2. The first-order chi connectivity index (χ1) is 33.1. The number of aromatic nitrogens is 2. The zero-order valence-corrected chi connectivity index (χ0v) is 42.1. The highest BCUT2D eigenvalue weighted by molar-refractivity contribution is 7.61. The third-order valence-corrected chi connectivity index (χ3v) is 13.2. The summed E-state index contributed by atoms with van der Waals surface area (Å²) in [6.45, 7) is 1.90. The maximum absolute atomic E-state index is 12.8. The predicted octanol–water partition coefficient (Wildman–Crippen LogP) is 8.73. The lowest BCUT2D eigenvalue weighted by Gasteiger charge is -2.21. The number of carbonyl (C=O) groups excluding carboxylic acids is 3. The second-order valence-electron chi connectivity index (χ2n) is 16.6. The first-order valence-corrected chi connectivity index (χ1v) is 27.2. The Kier molecular flexibility index (Phi) is 32.1. The highest BCUT2D eigenvalue weighted by Crippen LogP contribution is 2.60. The topological polar surface area (TPSA) is 283 Å². The molecule has 21 heteroatoms. The van der Waals surface area contributed by atoms with Crippen molar-refractivity contribution in [3.8, 4) is 0 Å². The Morgan fingerprint density at radius 1 is 0.739 bits per heavy atom. The fourth-order valence-electron chi connectivity index (χ4n) is 6.71. The van der Waals surface area contributed by atoms with Gasteiger partial charge in [-0.2, -0.15) is 9.29 Å². The van der Waals surface area contributed by atoms with Crippen molar-refractivity contribution < 1.29 is 71.1 Å². The molecule has 1 aliphatic rings. The van der Waals surface area contributed by atoms with Crippen molar-refractivity contribution in [3.63, 3.8) is 0 Å². The van der Waals surface area contributed by atoms with Gasteiger partial charge < -0.3 is 39.9 Å². The molecule has 0 radical (unpaired) electrons. The fraction of sp³-hybridized carbons (Fsp3) is 0.646. The second-order valence-corrected chi connectivity index (χ2v) is 19.7. The molecule has 69 heavy (non-hydrogen) atoms. The summed E-state index contributed by atoms with van der Waals surface area (Å²) in [5, 5.41) is 20.9. The van der Waals surface area contributed by atoms with Crippen LogP contribution >= 0.6 is 15.6 Å². The monoisotopic (exact) mass is 1010 g/mol. The van der Waals surface area contributed by atoms with Crippen LogP contribution in [0.1, 0.15) is 155 Å². The molecule has 1 fully saturated rings. The molecule has 0 saturated carbocycles. The van der Waals surface area contributed by atoms with Gasteiger partial charge in [-0.1, -0.05) is 113 Å². The van der Waals surface area contributed by atoms with Gasteiger partial charge in [-0.15, -0.1) is 0 Å². The van der Waals surface area contributed by atoms with E-state index in [2.05, 4.69) is 53.5 Å². The van der Waals surface area contributed by atoms with Gasteiger partial charge in [0.05, 0.1) is 13.2 Å². The minimum Gasteiger partial charge on any atom is -0.462 e. The Morgan fingerprint density at radius 2 is 1.30 bits per heavy atom. The third kappa shape index (κ3) is 29.2. The quantitative estimate of drug-likeness (QED) is 0.0103. The van der Waals surface area contributed by atoms with Crippen molar-refractivity contribution in [1.82, 2.24) is 9.55 Å². The van der Waals surface area contributed by atoms with E-state index in [9.17, 15) is 48.3 Å². The first-order valence-electron chi connectivity index (χ1n) is 24.3. The van der Waals surface area contributed by atoms with Gasteiger partial charge in [0.15, 0.2) is 18.1 Å². The summed E-state index contributed by atoms with van der Waals surface area (Å²) in [6.07, 6.45) is 29.9. The van der Waals surface area contributed by atoms with Crippen molar-refractivity contribution in [2.75, 3.05) is 25.6 Å². The maximum atomic E-state index is 12.8. The molecule has 2 unspecified atom stereocenters. The van der Waals surface area contributed by atoms with Crippen LogP contribution in [0.25, 0.3) is 0 Å². The van der Waals surface area contributed by atoms with Crippen LogP contribution in [0.4, 0.5) is 5.82 Å². The van der Waals surface area contributed by atoms with Gasteiger partial charge in [0.25, 0.3) is 0 Å². The number of carbonyl (C=O) groups is 3. The average molecular weight is 1010 g/mol. The smallest absolute Gasteiger partial charge is 0.462 e. The SMILES string of the molecule is CCCCC/C=C\C=C\C(=O)CCCCCCCC(=O)OC[C@H](COP(=O)(O)OP(=O)(O)OC[C@H]1O[C@@H](n2ccc(N)nc2=O)[C@H](O)[C@@H]1O)OC(=O)CCCC/C=C\C/C=C\C/C=C\CCCCC. The summed E-state index contributed by atoms with van der Waals surface area (Å²) in [4.78, 5) is 73.9. The number of unbranched alkanes of at least 4 members (excludes halogenated alkanes) is 12. The van der Waals surface area contributed by atoms with Crippen molar-refractivity contribution in [2.45, 2.75) is 179 Å². The molecule has 1 aliphatic heterocycles. The third-order valence-electron chi connectivity index (χ3n) is 10.6. The number of hydrogen-bond acceptors (Lipinski definition) is 16. The molecule has 0 aromatic carbocycles. The van der Waals surface area contributed by atoms with Gasteiger partial charge in [-0.25, -0.2) is 13.9 Å². The minimum absolute atomic E-state index is 0.0259. The Hall–Kier alpha value is -3.87. The number of aliphatic hydroxyl groups is 2. The Bertz CT molecular complexity index is 1950. The number of phosphoric acid groups is 2. The van der Waals surface area contributed by atoms with Crippen LogP contribution in [0.3, 0.4) is 0 Å². The number of hydrogen-bond donors (Lipinski definition) is 5. The van der Waals surface area contributed by atoms with Crippen molar-refractivity contribution in [3.05, 3.63) is 83.5 Å². The van der Waals surface area contributed by atoms with E-state index in [1.54, 1.807) is 12.2 Å². The van der Waals surface area contributed by atoms with E-state index in [1.165, 1.54) is 31.7 Å². The number of rotatable bonds is 39. The molecule has 1 saturated heterocycles. The average Bonchev–Trinajstić information content (AvgIpc) is 3.58. The molecule has 19 nitrogen and oxygen atoms in total. The Labute approximate surface area is 407 Å². The van der Waals surface area contributed by atoms with Gasteiger partial charge >= 0.3 is 33.3 Å². The molecule has 390 valence electrons. The highest BCUT2D eigenvalue weighted by atomic mass is 31.3. The lowest BCUT2D eigenvalue weighted by molar-refractivity contribution is -0.161. The number of nitrogens with zero attached hydrogens (tertiary/aromatic N) is 2. The summed E-state index contributed by atoms with van der Waals surface area (Å²) in [5.74, 6) is -1.39. The van der Waals surface area contributed by atoms with Crippen LogP contribution < -0.4 is 11.4 Å². The predicted molar refractivity (Wildman–Crippen MR) is 261 cm³/mol. The molecule has 1 aromatic rings. The van der Waals surface area contributed by atoms with Crippen molar-refractivity contribution in [2.24, 2.45) is 0 Å². The standard InChI is InChI=1S/C48H77N3O16P2/c1-3-5-7-9-11-12-13-14-15-16-17-18-20-24-29-33-44(54)65-40(36-62-43(53)32-28-25-21-23-27-31-39(52)30-26-22-19-10-8-6-4-2)37-63-68(58,59)67-69(60,61)64-38-41-45(55)46(56)47(66-41)51-35-34-42(49)50-48(51)57/h11-12,14-15,17-19,22,26,30,34-35,40-41,45-47,55-56H,3-10,13,16,20-21,23-25,27-29,31-33,36-38H2,1-2H3,(H,58,59)(H,60,61)(H2,49,50,57)/b12-11-,15-14-,18-17-,22-19-,30-26+/t40-,41-,45-,46-,47-/m1/s1. The van der Waals surface area contributed by atoms with Gasteiger partial charge in [0, 0.05) is 25.5 Å².